The maximum absolute atomic E-state index is 6.62. The first kappa shape index (κ1) is 61.6. The molecule has 4 aliphatic heterocycles. The summed E-state index contributed by atoms with van der Waals surface area (Å²) in [6.45, 7) is 42.0. The zero-order chi connectivity index (χ0) is 62.6. The van der Waals surface area contributed by atoms with Crippen molar-refractivity contribution in [1.82, 2.24) is 0 Å². The van der Waals surface area contributed by atoms with Crippen molar-refractivity contribution in [3.8, 4) is 22.3 Å². The Morgan fingerprint density at radius 2 is 0.591 bits per heavy atom. The number of benzene rings is 6. The molecule has 8 aliphatic rings. The van der Waals surface area contributed by atoms with Gasteiger partial charge in [0.1, 0.15) is 0 Å². The van der Waals surface area contributed by atoms with E-state index in [0.717, 1.165) is 86.1 Å². The minimum Gasteiger partial charge on any atom is -0.399 e. The van der Waals surface area contributed by atoms with E-state index in [9.17, 15) is 0 Å². The highest BCUT2D eigenvalue weighted by Crippen LogP contribution is 2.58. The molecule has 6 aromatic carbocycles. The minimum absolute atomic E-state index is 0.143. The molecule has 4 heterocycles. The van der Waals surface area contributed by atoms with E-state index in [2.05, 4.69) is 233 Å². The first-order valence-electron chi connectivity index (χ1n) is 32.9. The summed E-state index contributed by atoms with van der Waals surface area (Å²) in [5.74, 6) is 0. The predicted octanol–water partition coefficient (Wildman–Crippen LogP) is 14.1. The van der Waals surface area contributed by atoms with Crippen molar-refractivity contribution < 1.29 is 37.2 Å². The summed E-state index contributed by atoms with van der Waals surface area (Å²) in [6.07, 6.45) is 14.8. The molecule has 0 saturated carbocycles. The molecule has 456 valence electrons. The molecule has 4 fully saturated rings. The number of allylic oxidation sites excluding steroid dienone is 2. The lowest BCUT2D eigenvalue weighted by molar-refractivity contribution is 0.00578. The van der Waals surface area contributed by atoms with Crippen molar-refractivity contribution in [2.75, 3.05) is 0 Å². The van der Waals surface area contributed by atoms with Crippen LogP contribution < -0.4 is 21.9 Å². The van der Waals surface area contributed by atoms with E-state index < -0.39 is 56.3 Å². The van der Waals surface area contributed by atoms with Gasteiger partial charge in [0.15, 0.2) is 0 Å². The number of unbranched alkanes of at least 4 members (excludes halogenated alkanes) is 2. The molecule has 0 amide bonds. The van der Waals surface area contributed by atoms with E-state index in [1.807, 2.05) is 12.2 Å². The zero-order valence-corrected chi connectivity index (χ0v) is 55.6. The van der Waals surface area contributed by atoms with E-state index in [0.29, 0.717) is 0 Å². The fraction of sp³-hybridized carbons (Fsp3) is 0.474. The van der Waals surface area contributed by atoms with Crippen molar-refractivity contribution in [2.45, 2.75) is 231 Å². The van der Waals surface area contributed by atoms with Crippen LogP contribution in [0.4, 0.5) is 0 Å². The molecule has 0 spiro atoms. The van der Waals surface area contributed by atoms with E-state index in [4.69, 9.17) is 37.2 Å². The third-order valence-electron chi connectivity index (χ3n) is 23.3. The molecule has 88 heavy (non-hydrogen) atoms. The Bertz CT molecular complexity index is 3490. The molecule has 6 aromatic rings. The van der Waals surface area contributed by atoms with Crippen LogP contribution in [0.5, 0.6) is 0 Å². The van der Waals surface area contributed by atoms with Crippen LogP contribution in [0, 0.1) is 0 Å². The molecule has 12 heteroatoms. The van der Waals surface area contributed by atoms with Gasteiger partial charge in [0.25, 0.3) is 0 Å². The summed E-state index contributed by atoms with van der Waals surface area (Å²) >= 11 is 0. The summed E-state index contributed by atoms with van der Waals surface area (Å²) in [4.78, 5) is 0. The van der Waals surface area contributed by atoms with Crippen LogP contribution >= 0.6 is 0 Å². The van der Waals surface area contributed by atoms with Gasteiger partial charge in [-0.3, -0.25) is 0 Å². The normalized spacial score (nSPS) is 22.7. The van der Waals surface area contributed by atoms with Gasteiger partial charge in [0, 0.05) is 5.41 Å². The maximum Gasteiger partial charge on any atom is 0.494 e. The average Bonchev–Trinajstić information content (AvgIpc) is 1.54. The number of hydrogen-bond donors (Lipinski definition) is 0. The van der Waals surface area contributed by atoms with Crippen LogP contribution in [-0.2, 0) is 73.7 Å². The second-order valence-corrected chi connectivity index (χ2v) is 30.7. The third-order valence-corrected chi connectivity index (χ3v) is 23.3. The van der Waals surface area contributed by atoms with Gasteiger partial charge in [-0.25, -0.2) is 0 Å². The van der Waals surface area contributed by atoms with Gasteiger partial charge >= 0.3 is 28.5 Å². The maximum atomic E-state index is 6.62. The largest absolute Gasteiger partial charge is 0.494 e. The Balaban J connectivity index is 0.000000164. The van der Waals surface area contributed by atoms with E-state index in [-0.39, 0.29) is 27.8 Å². The van der Waals surface area contributed by atoms with Gasteiger partial charge in [-0.1, -0.05) is 121 Å². The molecule has 0 aromatic heterocycles. The van der Waals surface area contributed by atoms with Crippen LogP contribution in [0.25, 0.3) is 22.3 Å². The molecule has 4 aliphatic carbocycles. The third kappa shape index (κ3) is 9.64. The monoisotopic (exact) mass is 1180 g/mol. The lowest BCUT2D eigenvalue weighted by atomic mass is 9.63. The number of aryl methyl sites for hydroxylation is 4. The van der Waals surface area contributed by atoms with Gasteiger partial charge in [-0.15, -0.1) is 13.2 Å². The smallest absolute Gasteiger partial charge is 0.399 e. The Morgan fingerprint density at radius 1 is 0.330 bits per heavy atom. The molecular weight excluding hydrogens is 1080 g/mol. The van der Waals surface area contributed by atoms with Crippen molar-refractivity contribution in [1.29, 1.82) is 0 Å². The second-order valence-electron chi connectivity index (χ2n) is 30.7. The molecule has 14 rings (SSSR count). The van der Waals surface area contributed by atoms with Gasteiger partial charge in [0.2, 0.25) is 0 Å². The standard InChI is InChI=1S/C41H44B2O4.C35H48B2O4/c1-37(2)38(3,4)45-42(44-37)31-17-19-33-34-20-18-32(43-46-39(5,6)40(7,8)47-43)24-36(34)41(35(33)23-31,29-15-13-25-9-11-27(25)21-29)30-16-14-26-10-12-28(26)22-30;1-11-13-15-21-35(22-16-14-12-2)29-23-25(36-38-31(3,4)32(5,6)39-36)17-19-27(29)28-20-18-26(24-30(28)35)37-40-33(7,8)34(9,10)41-37/h13-24H,9-12H2,1-8H3;11-12,17-20,23-24H,1-2,13-16,21-22H2,3-10H3. The summed E-state index contributed by atoms with van der Waals surface area (Å²) in [7, 11) is -1.68. The van der Waals surface area contributed by atoms with Gasteiger partial charge < -0.3 is 37.2 Å². The highest BCUT2D eigenvalue weighted by atomic mass is 16.7. The molecule has 0 bridgehead atoms. The van der Waals surface area contributed by atoms with Crippen molar-refractivity contribution in [2.24, 2.45) is 0 Å². The Labute approximate surface area is 527 Å². The van der Waals surface area contributed by atoms with Crippen molar-refractivity contribution in [3.05, 3.63) is 190 Å². The molecular formula is C76H92B4O8. The fourth-order valence-electron chi connectivity index (χ4n) is 14.8. The Kier molecular flexibility index (Phi) is 14.8. The number of fused-ring (bicyclic) bond motifs is 8. The van der Waals surface area contributed by atoms with Crippen LogP contribution in [-0.4, -0.2) is 73.3 Å². The zero-order valence-electron chi connectivity index (χ0n) is 55.6. The highest BCUT2D eigenvalue weighted by Gasteiger charge is 2.58. The summed E-state index contributed by atoms with van der Waals surface area (Å²) in [6, 6.07) is 41.9. The molecule has 0 atom stereocenters. The van der Waals surface area contributed by atoms with Crippen LogP contribution in [0.3, 0.4) is 0 Å². The van der Waals surface area contributed by atoms with E-state index in [1.165, 1.54) is 77.9 Å². The highest BCUT2D eigenvalue weighted by molar-refractivity contribution is 6.63. The first-order chi connectivity index (χ1) is 41.4. The molecule has 8 nitrogen and oxygen atoms in total. The summed E-state index contributed by atoms with van der Waals surface area (Å²) in [5, 5.41) is 0. The Hall–Kier alpha value is -5.26. The number of hydrogen-bond acceptors (Lipinski definition) is 8. The van der Waals surface area contributed by atoms with E-state index in [1.54, 1.807) is 0 Å². The fourth-order valence-corrected chi connectivity index (χ4v) is 14.8. The SMILES string of the molecule is C=CCCCC1(CCCC=C)c2cc(B3OC(C)(C)C(C)(C)O3)ccc2-c2ccc(B3OC(C)(C)C(C)(C)O3)cc21.CC1(C)OB(c2ccc3c(c2)C(c2ccc4c(c2)CC4)(c2ccc4c(c2)CC4)c2cc(B4OC(C)(C)C(C)(C)O4)ccc2-3)OC1(C)C. The van der Waals surface area contributed by atoms with Crippen LogP contribution in [0.15, 0.2) is 135 Å². The Morgan fingerprint density at radius 3 is 0.841 bits per heavy atom. The lowest BCUT2D eigenvalue weighted by Gasteiger charge is -2.37. The second kappa shape index (κ2) is 21.1. The van der Waals surface area contributed by atoms with Gasteiger partial charge in [-0.05, 0) is 275 Å². The lowest BCUT2D eigenvalue weighted by Crippen LogP contribution is -2.41. The van der Waals surface area contributed by atoms with Crippen molar-refractivity contribution in [3.63, 3.8) is 0 Å². The molecule has 0 N–H and O–H groups in total. The van der Waals surface area contributed by atoms with E-state index >= 15 is 0 Å². The summed E-state index contributed by atoms with van der Waals surface area (Å²) in [5.41, 5.74) is 19.3. The quantitative estimate of drug-likeness (QED) is 0.0606. The molecule has 0 unspecified atom stereocenters. The molecule has 4 saturated heterocycles. The predicted molar refractivity (Wildman–Crippen MR) is 362 cm³/mol. The average molecular weight is 1180 g/mol. The minimum atomic E-state index is -0.529. The van der Waals surface area contributed by atoms with Crippen LogP contribution in [0.2, 0.25) is 0 Å². The topological polar surface area (TPSA) is 73.8 Å². The summed E-state index contributed by atoms with van der Waals surface area (Å²) < 4.78 is 52.5. The first-order valence-corrected chi connectivity index (χ1v) is 32.9. The van der Waals surface area contributed by atoms with Gasteiger partial charge in [0.05, 0.1) is 50.2 Å². The number of rotatable bonds is 14. The van der Waals surface area contributed by atoms with Gasteiger partial charge in [-0.2, -0.15) is 0 Å². The van der Waals surface area contributed by atoms with Crippen molar-refractivity contribution >= 4 is 50.3 Å². The molecule has 0 radical (unpaired) electrons. The van der Waals surface area contributed by atoms with Crippen LogP contribution in [0.1, 0.15) is 205 Å².